The molecule has 35 heavy (non-hydrogen) atoms. The highest BCUT2D eigenvalue weighted by molar-refractivity contribution is 6.07. The largest absolute Gasteiger partial charge is 0.464 e. The van der Waals surface area contributed by atoms with E-state index in [1.165, 1.54) is 4.90 Å². The Morgan fingerprint density at radius 1 is 1.09 bits per heavy atom. The zero-order valence-electron chi connectivity index (χ0n) is 20.7. The molecule has 3 rings (SSSR count). The van der Waals surface area contributed by atoms with Gasteiger partial charge in [-0.2, -0.15) is 0 Å². The molecule has 2 N–H and O–H groups in total. The monoisotopic (exact) mass is 477 g/mol. The number of ether oxygens (including phenoxy) is 1. The predicted octanol–water partition coefficient (Wildman–Crippen LogP) is 3.44. The number of rotatable bonds is 6. The Hall–Kier alpha value is -4.04. The van der Waals surface area contributed by atoms with E-state index in [-0.39, 0.29) is 23.8 Å². The van der Waals surface area contributed by atoms with Gasteiger partial charge in [0.05, 0.1) is 13.7 Å². The van der Waals surface area contributed by atoms with Crippen molar-refractivity contribution < 1.29 is 23.9 Å². The average Bonchev–Trinajstić information content (AvgIpc) is 3.19. The molecule has 0 radical (unpaired) electrons. The van der Waals surface area contributed by atoms with Crippen molar-refractivity contribution in [1.29, 1.82) is 0 Å². The van der Waals surface area contributed by atoms with Gasteiger partial charge in [-0.05, 0) is 56.6 Å². The summed E-state index contributed by atoms with van der Waals surface area (Å²) < 4.78 is 4.49. The summed E-state index contributed by atoms with van der Waals surface area (Å²) in [6.07, 6.45) is 0.754. The van der Waals surface area contributed by atoms with Gasteiger partial charge in [0.1, 0.15) is 17.7 Å². The van der Waals surface area contributed by atoms with Crippen LogP contribution in [0.25, 0.3) is 11.1 Å². The summed E-state index contributed by atoms with van der Waals surface area (Å²) in [6, 6.07) is 12.3. The van der Waals surface area contributed by atoms with E-state index in [0.29, 0.717) is 16.7 Å². The van der Waals surface area contributed by atoms with E-state index in [2.05, 4.69) is 49.3 Å². The molecule has 8 heteroatoms. The zero-order chi connectivity index (χ0) is 26.3. The van der Waals surface area contributed by atoms with Crippen LogP contribution in [0.3, 0.4) is 0 Å². The number of carbonyl (C=O) groups is 4. The molecule has 0 saturated heterocycles. The third kappa shape index (κ3) is 6.74. The number of carbonyl (C=O) groups excluding carboxylic acids is 4. The third-order valence-corrected chi connectivity index (χ3v) is 5.34. The van der Waals surface area contributed by atoms with Gasteiger partial charge in [-0.25, -0.2) is 4.79 Å². The van der Waals surface area contributed by atoms with Crippen molar-refractivity contribution in [3.8, 4) is 11.1 Å². The van der Waals surface area contributed by atoms with Gasteiger partial charge in [0, 0.05) is 16.7 Å². The van der Waals surface area contributed by atoms with Crippen molar-refractivity contribution in [2.24, 2.45) is 0 Å². The lowest BCUT2D eigenvalue weighted by atomic mass is 9.96. The molecule has 0 fully saturated rings. The molecule has 184 valence electrons. The number of aldehydes is 1. The maximum Gasteiger partial charge on any atom is 0.353 e. The lowest BCUT2D eigenvalue weighted by Crippen LogP contribution is -2.36. The zero-order valence-corrected chi connectivity index (χ0v) is 20.7. The molecule has 1 aliphatic heterocycles. The molecular weight excluding hydrogens is 446 g/mol. The first-order valence-corrected chi connectivity index (χ1v) is 10.9. The molecule has 0 unspecified atom stereocenters. The van der Waals surface area contributed by atoms with Gasteiger partial charge in [0.25, 0.3) is 11.8 Å². The second-order valence-electron chi connectivity index (χ2n) is 8.84. The molecule has 1 aliphatic rings. The standard InChI is InChI=1S/C22H18N2O5.C5H13N/c1-13(22(28)29-3)23-20(26)14(2)24-11-19-17(8-5-9-18(19)21(24)27)16-7-4-6-15(10-16)12-25;1-5(2,3)6-4/h4-10,12H,1-2,11H2,3H3,(H,23,26);6H,1-4H3. The summed E-state index contributed by atoms with van der Waals surface area (Å²) in [7, 11) is 3.12. The molecule has 2 aromatic carbocycles. The van der Waals surface area contributed by atoms with Crippen LogP contribution in [0, 0.1) is 0 Å². The second kappa shape index (κ2) is 11.4. The summed E-state index contributed by atoms with van der Waals surface area (Å²) in [5.74, 6) is -1.90. The molecule has 0 spiro atoms. The Labute approximate surface area is 205 Å². The Morgan fingerprint density at radius 2 is 1.69 bits per heavy atom. The highest BCUT2D eigenvalue weighted by Crippen LogP contribution is 2.34. The minimum atomic E-state index is -0.792. The SMILES string of the molecule is C=C(NC(=O)C(=C)N1Cc2c(cccc2-c2cccc(C=O)c2)C1=O)C(=O)OC.CNC(C)(C)C. The first kappa shape index (κ1) is 27.2. The van der Waals surface area contributed by atoms with Crippen LogP contribution in [-0.4, -0.2) is 48.7 Å². The van der Waals surface area contributed by atoms with Gasteiger partial charge in [0.15, 0.2) is 0 Å². The van der Waals surface area contributed by atoms with Crippen molar-refractivity contribution in [2.75, 3.05) is 14.2 Å². The molecule has 0 atom stereocenters. The Morgan fingerprint density at radius 3 is 2.26 bits per heavy atom. The van der Waals surface area contributed by atoms with Crippen molar-refractivity contribution in [3.05, 3.63) is 83.7 Å². The molecule has 0 aromatic heterocycles. The van der Waals surface area contributed by atoms with Crippen LogP contribution in [-0.2, 0) is 20.9 Å². The van der Waals surface area contributed by atoms with E-state index in [0.717, 1.165) is 30.1 Å². The number of methoxy groups -OCH3 is 1. The van der Waals surface area contributed by atoms with E-state index in [9.17, 15) is 19.2 Å². The molecule has 1 heterocycles. The van der Waals surface area contributed by atoms with Crippen LogP contribution in [0.4, 0.5) is 0 Å². The fourth-order valence-corrected chi connectivity index (χ4v) is 3.11. The van der Waals surface area contributed by atoms with Crippen molar-refractivity contribution in [1.82, 2.24) is 15.5 Å². The van der Waals surface area contributed by atoms with Gasteiger partial charge in [-0.1, -0.05) is 43.5 Å². The number of esters is 1. The number of nitrogens with one attached hydrogen (secondary N) is 2. The van der Waals surface area contributed by atoms with Crippen LogP contribution in [0.2, 0.25) is 0 Å². The van der Waals surface area contributed by atoms with Gasteiger partial charge in [-0.3, -0.25) is 19.3 Å². The highest BCUT2D eigenvalue weighted by atomic mass is 16.5. The fourth-order valence-electron chi connectivity index (χ4n) is 3.11. The van der Waals surface area contributed by atoms with Crippen LogP contribution < -0.4 is 10.6 Å². The van der Waals surface area contributed by atoms with E-state index in [1.54, 1.807) is 30.3 Å². The van der Waals surface area contributed by atoms with Gasteiger partial charge in [0.2, 0.25) is 0 Å². The van der Waals surface area contributed by atoms with Crippen molar-refractivity contribution >= 4 is 24.1 Å². The minimum Gasteiger partial charge on any atom is -0.464 e. The maximum absolute atomic E-state index is 12.8. The fraction of sp³-hybridized carbons (Fsp3) is 0.259. The summed E-state index contributed by atoms with van der Waals surface area (Å²) in [4.78, 5) is 49.0. The minimum absolute atomic E-state index is 0.121. The highest BCUT2D eigenvalue weighted by Gasteiger charge is 2.33. The van der Waals surface area contributed by atoms with Crippen LogP contribution in [0.15, 0.2) is 67.0 Å². The van der Waals surface area contributed by atoms with Gasteiger partial charge < -0.3 is 15.4 Å². The van der Waals surface area contributed by atoms with Crippen LogP contribution in [0.5, 0.6) is 0 Å². The van der Waals surface area contributed by atoms with Gasteiger partial charge >= 0.3 is 5.97 Å². The summed E-state index contributed by atoms with van der Waals surface area (Å²) in [6.45, 7) is 13.6. The lowest BCUT2D eigenvalue weighted by Gasteiger charge is -2.18. The molecule has 0 aliphatic carbocycles. The summed E-state index contributed by atoms with van der Waals surface area (Å²) >= 11 is 0. The molecule has 2 amide bonds. The van der Waals surface area contributed by atoms with E-state index < -0.39 is 11.9 Å². The third-order valence-electron chi connectivity index (χ3n) is 5.34. The number of hydrogen-bond donors (Lipinski definition) is 2. The first-order chi connectivity index (χ1) is 16.4. The number of amides is 2. The number of fused-ring (bicyclic) bond motifs is 1. The normalized spacial score (nSPS) is 12.1. The quantitative estimate of drug-likeness (QED) is 0.375. The topological polar surface area (TPSA) is 105 Å². The van der Waals surface area contributed by atoms with Crippen molar-refractivity contribution in [3.63, 3.8) is 0 Å². The number of hydrogen-bond acceptors (Lipinski definition) is 6. The summed E-state index contributed by atoms with van der Waals surface area (Å²) in [5, 5.41) is 5.38. The molecule has 0 saturated carbocycles. The van der Waals surface area contributed by atoms with Crippen molar-refractivity contribution in [2.45, 2.75) is 32.9 Å². The Bertz CT molecular complexity index is 1180. The number of nitrogens with zero attached hydrogens (tertiary/aromatic N) is 1. The van der Waals surface area contributed by atoms with Gasteiger partial charge in [-0.15, -0.1) is 0 Å². The maximum atomic E-state index is 12.8. The number of benzene rings is 2. The van der Waals surface area contributed by atoms with E-state index in [4.69, 9.17) is 0 Å². The summed E-state index contributed by atoms with van der Waals surface area (Å²) in [5.41, 5.74) is 3.18. The second-order valence-corrected chi connectivity index (χ2v) is 8.84. The Balaban J connectivity index is 0.000000641. The predicted molar refractivity (Wildman–Crippen MR) is 134 cm³/mol. The smallest absolute Gasteiger partial charge is 0.353 e. The van der Waals surface area contributed by atoms with E-state index >= 15 is 0 Å². The Kier molecular flexibility index (Phi) is 8.86. The van der Waals surface area contributed by atoms with Crippen LogP contribution in [0.1, 0.15) is 47.1 Å². The van der Waals surface area contributed by atoms with Crippen LogP contribution >= 0.6 is 0 Å². The molecule has 0 bridgehead atoms. The first-order valence-electron chi connectivity index (χ1n) is 10.9. The average molecular weight is 478 g/mol. The lowest BCUT2D eigenvalue weighted by molar-refractivity contribution is -0.137. The molecular formula is C27H31N3O5. The molecule has 2 aromatic rings. The molecule has 8 nitrogen and oxygen atoms in total. The van der Waals surface area contributed by atoms with E-state index in [1.807, 2.05) is 19.2 Å².